The van der Waals surface area contributed by atoms with Gasteiger partial charge in [0.15, 0.2) is 0 Å². The lowest BCUT2D eigenvalue weighted by Gasteiger charge is -2.48. The van der Waals surface area contributed by atoms with E-state index >= 15 is 0 Å². The Labute approximate surface area is 123 Å². The van der Waals surface area contributed by atoms with Crippen LogP contribution in [0.1, 0.15) is 13.8 Å². The SMILES string of the molecule is CC(C)C1(O)CN(S(=O)(=O)c2c(Cl)cccc2Cl)C1. The number of aliphatic hydroxyl groups is 1. The maximum atomic E-state index is 12.4. The van der Waals surface area contributed by atoms with E-state index in [1.807, 2.05) is 13.8 Å². The van der Waals surface area contributed by atoms with Gasteiger partial charge in [-0.05, 0) is 18.1 Å². The van der Waals surface area contributed by atoms with Crippen molar-refractivity contribution in [1.29, 1.82) is 0 Å². The van der Waals surface area contributed by atoms with Gasteiger partial charge in [-0.1, -0.05) is 43.1 Å². The lowest BCUT2D eigenvalue weighted by molar-refractivity contribution is -0.0932. The molecular weight excluding hydrogens is 309 g/mol. The zero-order valence-corrected chi connectivity index (χ0v) is 12.9. The highest BCUT2D eigenvalue weighted by molar-refractivity contribution is 7.89. The third kappa shape index (κ3) is 2.50. The minimum Gasteiger partial charge on any atom is -0.387 e. The van der Waals surface area contributed by atoms with Gasteiger partial charge in [0.2, 0.25) is 10.0 Å². The van der Waals surface area contributed by atoms with E-state index in [0.29, 0.717) is 0 Å². The van der Waals surface area contributed by atoms with Crippen molar-refractivity contribution in [2.75, 3.05) is 13.1 Å². The molecule has 1 N–H and O–H groups in total. The lowest BCUT2D eigenvalue weighted by atomic mass is 9.85. The monoisotopic (exact) mass is 323 g/mol. The predicted molar refractivity (Wildman–Crippen MR) is 75.0 cm³/mol. The smallest absolute Gasteiger partial charge is 0.246 e. The van der Waals surface area contributed by atoms with Gasteiger partial charge in [0.25, 0.3) is 0 Å². The average Bonchev–Trinajstić information content (AvgIpc) is 2.23. The topological polar surface area (TPSA) is 57.6 Å². The lowest BCUT2D eigenvalue weighted by Crippen LogP contribution is -2.65. The average molecular weight is 324 g/mol. The van der Waals surface area contributed by atoms with Gasteiger partial charge in [0.05, 0.1) is 15.6 Å². The summed E-state index contributed by atoms with van der Waals surface area (Å²) in [5, 5.41) is 10.3. The summed E-state index contributed by atoms with van der Waals surface area (Å²) < 4.78 is 26.0. The molecule has 0 saturated carbocycles. The molecule has 0 aliphatic carbocycles. The van der Waals surface area contributed by atoms with Crippen LogP contribution >= 0.6 is 23.2 Å². The van der Waals surface area contributed by atoms with Crippen LogP contribution < -0.4 is 0 Å². The zero-order valence-electron chi connectivity index (χ0n) is 10.6. The second-order valence-electron chi connectivity index (χ2n) is 5.08. The Morgan fingerprint density at radius 2 is 1.74 bits per heavy atom. The largest absolute Gasteiger partial charge is 0.387 e. The van der Waals surface area contributed by atoms with Crippen LogP contribution in [0.25, 0.3) is 0 Å². The highest BCUT2D eigenvalue weighted by Crippen LogP contribution is 2.37. The Morgan fingerprint density at radius 3 is 2.16 bits per heavy atom. The molecule has 7 heteroatoms. The van der Waals surface area contributed by atoms with E-state index in [1.54, 1.807) is 6.07 Å². The molecule has 1 heterocycles. The number of nitrogens with zero attached hydrogens (tertiary/aromatic N) is 1. The standard InChI is InChI=1S/C12H15Cl2NO3S/c1-8(2)12(16)6-15(7-12)19(17,18)11-9(13)4-3-5-10(11)14/h3-5,8,16H,6-7H2,1-2H3. The van der Waals surface area contributed by atoms with Crippen molar-refractivity contribution >= 4 is 33.2 Å². The normalized spacial score (nSPS) is 19.5. The van der Waals surface area contributed by atoms with Crippen LogP contribution in [0.5, 0.6) is 0 Å². The van der Waals surface area contributed by atoms with Gasteiger partial charge in [0.1, 0.15) is 4.90 Å². The number of β-amino-alcohol motifs (C(OH)–C–C–N with tert-alkyl or cyclic N) is 1. The van der Waals surface area contributed by atoms with Gasteiger partial charge < -0.3 is 5.11 Å². The summed E-state index contributed by atoms with van der Waals surface area (Å²) >= 11 is 11.8. The van der Waals surface area contributed by atoms with Crippen molar-refractivity contribution < 1.29 is 13.5 Å². The summed E-state index contributed by atoms with van der Waals surface area (Å²) in [4.78, 5) is -0.0934. The highest BCUT2D eigenvalue weighted by atomic mass is 35.5. The van der Waals surface area contributed by atoms with E-state index in [2.05, 4.69) is 0 Å². The van der Waals surface area contributed by atoms with Crippen molar-refractivity contribution in [1.82, 2.24) is 4.31 Å². The van der Waals surface area contributed by atoms with Crippen molar-refractivity contribution in [2.24, 2.45) is 5.92 Å². The molecule has 1 aliphatic rings. The molecule has 1 saturated heterocycles. The van der Waals surface area contributed by atoms with E-state index < -0.39 is 15.6 Å². The molecule has 1 fully saturated rings. The number of rotatable bonds is 3. The van der Waals surface area contributed by atoms with E-state index in [4.69, 9.17) is 23.2 Å². The summed E-state index contributed by atoms with van der Waals surface area (Å²) in [7, 11) is -3.76. The molecule has 1 aromatic rings. The van der Waals surface area contributed by atoms with Gasteiger partial charge >= 0.3 is 0 Å². The number of halogens is 2. The third-order valence-corrected chi connectivity index (χ3v) is 6.24. The number of sulfonamides is 1. The zero-order chi connectivity index (χ0) is 14.4. The van der Waals surface area contributed by atoms with Crippen molar-refractivity contribution in [3.63, 3.8) is 0 Å². The molecule has 19 heavy (non-hydrogen) atoms. The number of hydrogen-bond acceptors (Lipinski definition) is 3. The van der Waals surface area contributed by atoms with Gasteiger partial charge in [-0.25, -0.2) is 8.42 Å². The van der Waals surface area contributed by atoms with Crippen molar-refractivity contribution in [3.05, 3.63) is 28.2 Å². The Kier molecular flexibility index (Phi) is 3.88. The van der Waals surface area contributed by atoms with Crippen molar-refractivity contribution in [3.8, 4) is 0 Å². The van der Waals surface area contributed by atoms with Crippen molar-refractivity contribution in [2.45, 2.75) is 24.3 Å². The molecule has 0 radical (unpaired) electrons. The highest BCUT2D eigenvalue weighted by Gasteiger charge is 2.49. The minimum absolute atomic E-state index is 0.0133. The first-order valence-corrected chi connectivity index (χ1v) is 8.04. The fourth-order valence-corrected chi connectivity index (χ4v) is 4.61. The van der Waals surface area contributed by atoms with Crippen LogP contribution in [-0.2, 0) is 10.0 Å². The van der Waals surface area contributed by atoms with Gasteiger partial charge in [-0.3, -0.25) is 0 Å². The van der Waals surface area contributed by atoms with Crippen LogP contribution in [0.15, 0.2) is 23.1 Å². The van der Waals surface area contributed by atoms with Gasteiger partial charge in [-0.2, -0.15) is 4.31 Å². The quantitative estimate of drug-likeness (QED) is 0.929. The molecule has 0 bridgehead atoms. The van der Waals surface area contributed by atoms with Crippen LogP contribution in [0, 0.1) is 5.92 Å². The number of benzene rings is 1. The van der Waals surface area contributed by atoms with E-state index in [-0.39, 0.29) is 33.9 Å². The molecule has 0 spiro atoms. The summed E-state index contributed by atoms with van der Waals surface area (Å²) in [5.41, 5.74) is -0.971. The second kappa shape index (κ2) is 4.90. The Hall–Kier alpha value is -0.330. The van der Waals surface area contributed by atoms with E-state index in [0.717, 1.165) is 0 Å². The van der Waals surface area contributed by atoms with Crippen LogP contribution in [0.2, 0.25) is 10.0 Å². The molecule has 1 aromatic carbocycles. The fourth-order valence-electron chi connectivity index (χ4n) is 1.96. The van der Waals surface area contributed by atoms with Crippen LogP contribution in [0.4, 0.5) is 0 Å². The second-order valence-corrected chi connectivity index (χ2v) is 7.77. The molecule has 4 nitrogen and oxygen atoms in total. The molecule has 2 rings (SSSR count). The molecule has 0 atom stereocenters. The molecule has 0 aromatic heterocycles. The van der Waals surface area contributed by atoms with Gasteiger partial charge in [-0.15, -0.1) is 0 Å². The first-order valence-electron chi connectivity index (χ1n) is 5.85. The Balaban J connectivity index is 2.32. The molecule has 1 aliphatic heterocycles. The maximum Gasteiger partial charge on any atom is 0.246 e. The van der Waals surface area contributed by atoms with E-state index in [1.165, 1.54) is 16.4 Å². The minimum atomic E-state index is -3.76. The molecule has 0 amide bonds. The Bertz CT molecular complexity index is 575. The summed E-state index contributed by atoms with van der Waals surface area (Å²) in [5.74, 6) is -0.0133. The predicted octanol–water partition coefficient (Wildman–Crippen LogP) is 2.38. The van der Waals surface area contributed by atoms with Gasteiger partial charge in [0, 0.05) is 13.1 Å². The maximum absolute atomic E-state index is 12.4. The van der Waals surface area contributed by atoms with Crippen LogP contribution in [0.3, 0.4) is 0 Å². The first-order chi connectivity index (χ1) is 8.68. The summed E-state index contributed by atoms with van der Waals surface area (Å²) in [6, 6.07) is 4.55. The Morgan fingerprint density at radius 1 is 1.26 bits per heavy atom. The molecule has 0 unspecified atom stereocenters. The first kappa shape index (κ1) is 15.1. The fraction of sp³-hybridized carbons (Fsp3) is 0.500. The summed E-state index contributed by atoms with van der Waals surface area (Å²) in [6.45, 7) is 3.84. The molecular formula is C12H15Cl2NO3S. The van der Waals surface area contributed by atoms with E-state index in [9.17, 15) is 13.5 Å². The third-order valence-electron chi connectivity index (χ3n) is 3.49. The number of hydrogen-bond donors (Lipinski definition) is 1. The summed E-state index contributed by atoms with van der Waals surface area (Å²) in [6.07, 6.45) is 0. The van der Waals surface area contributed by atoms with Crippen LogP contribution in [-0.4, -0.2) is 36.5 Å². The molecule has 106 valence electrons.